The van der Waals surface area contributed by atoms with Crippen LogP contribution in [0.25, 0.3) is 0 Å². The molecule has 30 heavy (non-hydrogen) atoms. The van der Waals surface area contributed by atoms with Crippen LogP contribution in [0.3, 0.4) is 0 Å². The van der Waals surface area contributed by atoms with Crippen molar-refractivity contribution in [3.8, 4) is 0 Å². The molecule has 3 rings (SSSR count). The van der Waals surface area contributed by atoms with E-state index in [0.29, 0.717) is 5.56 Å². The summed E-state index contributed by atoms with van der Waals surface area (Å²) in [6, 6.07) is 22.3. The Morgan fingerprint density at radius 3 is 2.17 bits per heavy atom. The van der Waals surface area contributed by atoms with Gasteiger partial charge in [-0.1, -0.05) is 69.3 Å². The van der Waals surface area contributed by atoms with E-state index in [1.165, 1.54) is 0 Å². The van der Waals surface area contributed by atoms with Crippen LogP contribution in [0.5, 0.6) is 0 Å². The molecule has 1 atom stereocenters. The van der Waals surface area contributed by atoms with E-state index in [4.69, 9.17) is 0 Å². The lowest BCUT2D eigenvalue weighted by Gasteiger charge is -2.19. The number of pyridine rings is 1. The monoisotopic (exact) mass is 401 g/mol. The summed E-state index contributed by atoms with van der Waals surface area (Å²) in [4.78, 5) is 29.4. The molecule has 0 aliphatic heterocycles. The maximum Gasteiger partial charge on any atom is 0.251 e. The fourth-order valence-electron chi connectivity index (χ4n) is 3.12. The Morgan fingerprint density at radius 2 is 1.57 bits per heavy atom. The number of hydrogen-bond donors (Lipinski definition) is 2. The van der Waals surface area contributed by atoms with Crippen LogP contribution in [0.2, 0.25) is 0 Å². The molecule has 0 saturated carbocycles. The third-order valence-corrected chi connectivity index (χ3v) is 4.84. The molecule has 0 aliphatic carbocycles. The SMILES string of the molecule is CC(C)(C)c1ccc(C(=O)NCC(=O)NC(c2ccccc2)c2ccccn2)cc1. The van der Waals surface area contributed by atoms with Gasteiger partial charge in [0.15, 0.2) is 0 Å². The fraction of sp³-hybridized carbons (Fsp3) is 0.240. The molecule has 0 spiro atoms. The van der Waals surface area contributed by atoms with Crippen molar-refractivity contribution in [2.45, 2.75) is 32.2 Å². The molecule has 0 radical (unpaired) electrons. The number of benzene rings is 2. The molecule has 1 unspecified atom stereocenters. The normalized spacial score (nSPS) is 12.1. The molecule has 0 saturated heterocycles. The summed E-state index contributed by atoms with van der Waals surface area (Å²) in [6.45, 7) is 6.25. The van der Waals surface area contributed by atoms with Crippen LogP contribution >= 0.6 is 0 Å². The molecular formula is C25H27N3O2. The van der Waals surface area contributed by atoms with E-state index in [2.05, 4.69) is 36.4 Å². The van der Waals surface area contributed by atoms with Gasteiger partial charge in [-0.2, -0.15) is 0 Å². The zero-order chi connectivity index (χ0) is 21.6. The van der Waals surface area contributed by atoms with Crippen molar-refractivity contribution < 1.29 is 9.59 Å². The van der Waals surface area contributed by atoms with Gasteiger partial charge in [0.1, 0.15) is 0 Å². The molecule has 5 heteroatoms. The van der Waals surface area contributed by atoms with E-state index in [1.807, 2.05) is 60.7 Å². The fourth-order valence-corrected chi connectivity index (χ4v) is 3.12. The number of amides is 2. The number of carbonyl (C=O) groups excluding carboxylic acids is 2. The Kier molecular flexibility index (Phi) is 6.62. The number of hydrogen-bond acceptors (Lipinski definition) is 3. The summed E-state index contributed by atoms with van der Waals surface area (Å²) in [6.07, 6.45) is 1.69. The van der Waals surface area contributed by atoms with Gasteiger partial charge in [-0.3, -0.25) is 14.6 Å². The maximum absolute atomic E-state index is 12.6. The molecule has 0 fully saturated rings. The van der Waals surface area contributed by atoms with Gasteiger partial charge in [0.05, 0.1) is 18.3 Å². The highest BCUT2D eigenvalue weighted by molar-refractivity contribution is 5.96. The maximum atomic E-state index is 12.6. The first-order valence-corrected chi connectivity index (χ1v) is 9.98. The number of rotatable bonds is 6. The van der Waals surface area contributed by atoms with Gasteiger partial charge in [-0.05, 0) is 40.8 Å². The van der Waals surface area contributed by atoms with Crippen LogP contribution in [-0.4, -0.2) is 23.3 Å². The summed E-state index contributed by atoms with van der Waals surface area (Å²) in [5, 5.41) is 5.66. The zero-order valence-corrected chi connectivity index (χ0v) is 17.6. The van der Waals surface area contributed by atoms with Crippen LogP contribution in [0, 0.1) is 0 Å². The average Bonchev–Trinajstić information content (AvgIpc) is 2.76. The highest BCUT2D eigenvalue weighted by Crippen LogP contribution is 2.22. The van der Waals surface area contributed by atoms with E-state index >= 15 is 0 Å². The van der Waals surface area contributed by atoms with Crippen molar-refractivity contribution in [3.63, 3.8) is 0 Å². The lowest BCUT2D eigenvalue weighted by molar-refractivity contribution is -0.120. The molecule has 154 valence electrons. The van der Waals surface area contributed by atoms with Gasteiger partial charge in [0, 0.05) is 11.8 Å². The van der Waals surface area contributed by atoms with Gasteiger partial charge in [-0.25, -0.2) is 0 Å². The van der Waals surface area contributed by atoms with Crippen molar-refractivity contribution >= 4 is 11.8 Å². The molecule has 2 aromatic carbocycles. The number of aromatic nitrogens is 1. The first kappa shape index (κ1) is 21.2. The molecule has 2 N–H and O–H groups in total. The highest BCUT2D eigenvalue weighted by Gasteiger charge is 2.19. The van der Waals surface area contributed by atoms with Gasteiger partial charge < -0.3 is 10.6 Å². The summed E-state index contributed by atoms with van der Waals surface area (Å²) in [5.74, 6) is -0.561. The minimum Gasteiger partial charge on any atom is -0.343 e. The second-order valence-corrected chi connectivity index (χ2v) is 8.18. The van der Waals surface area contributed by atoms with E-state index in [9.17, 15) is 9.59 Å². The molecule has 2 amide bonds. The standard InChI is InChI=1S/C25H27N3O2/c1-25(2,3)20-14-12-19(13-15-20)24(30)27-17-22(29)28-23(18-9-5-4-6-10-18)21-11-7-8-16-26-21/h4-16,23H,17H2,1-3H3,(H,27,30)(H,28,29). The summed E-state index contributed by atoms with van der Waals surface area (Å²) < 4.78 is 0. The first-order valence-electron chi connectivity index (χ1n) is 9.98. The van der Waals surface area contributed by atoms with E-state index in [0.717, 1.165) is 16.8 Å². The van der Waals surface area contributed by atoms with Gasteiger partial charge >= 0.3 is 0 Å². The van der Waals surface area contributed by atoms with E-state index in [1.54, 1.807) is 18.3 Å². The number of carbonyl (C=O) groups is 2. The zero-order valence-electron chi connectivity index (χ0n) is 17.6. The minimum atomic E-state index is -0.386. The predicted molar refractivity (Wildman–Crippen MR) is 118 cm³/mol. The van der Waals surface area contributed by atoms with Crippen LogP contribution in [0.1, 0.15) is 54.0 Å². The summed E-state index contributed by atoms with van der Waals surface area (Å²) >= 11 is 0. The topological polar surface area (TPSA) is 71.1 Å². The van der Waals surface area contributed by atoms with E-state index < -0.39 is 0 Å². The minimum absolute atomic E-state index is 0.0207. The van der Waals surface area contributed by atoms with Crippen molar-refractivity contribution in [2.75, 3.05) is 6.54 Å². The second-order valence-electron chi connectivity index (χ2n) is 8.18. The van der Waals surface area contributed by atoms with Crippen molar-refractivity contribution in [2.24, 2.45) is 0 Å². The largest absolute Gasteiger partial charge is 0.343 e. The second kappa shape index (κ2) is 9.35. The van der Waals surface area contributed by atoms with Crippen LogP contribution in [0.4, 0.5) is 0 Å². The van der Waals surface area contributed by atoms with Crippen molar-refractivity contribution in [1.29, 1.82) is 0 Å². The summed E-state index contributed by atoms with van der Waals surface area (Å²) in [5.41, 5.74) is 3.36. The lowest BCUT2D eigenvalue weighted by atomic mass is 9.87. The first-order chi connectivity index (χ1) is 14.3. The van der Waals surface area contributed by atoms with Crippen molar-refractivity contribution in [3.05, 3.63) is 101 Å². The Hall–Kier alpha value is -3.47. The van der Waals surface area contributed by atoms with Crippen LogP contribution in [0.15, 0.2) is 79.0 Å². The molecule has 1 aromatic heterocycles. The predicted octanol–water partition coefficient (Wildman–Crippen LogP) is 4.01. The smallest absolute Gasteiger partial charge is 0.251 e. The molecule has 1 heterocycles. The number of nitrogens with zero attached hydrogens (tertiary/aromatic N) is 1. The highest BCUT2D eigenvalue weighted by atomic mass is 16.2. The Balaban J connectivity index is 1.64. The van der Waals surface area contributed by atoms with Crippen LogP contribution in [-0.2, 0) is 10.2 Å². The molecule has 0 aliphatic rings. The van der Waals surface area contributed by atoms with Crippen molar-refractivity contribution in [1.82, 2.24) is 15.6 Å². The third kappa shape index (κ3) is 5.54. The Labute approximate surface area is 177 Å². The van der Waals surface area contributed by atoms with E-state index in [-0.39, 0.29) is 29.8 Å². The van der Waals surface area contributed by atoms with Gasteiger partial charge in [0.25, 0.3) is 5.91 Å². The van der Waals surface area contributed by atoms with Gasteiger partial charge in [-0.15, -0.1) is 0 Å². The molecule has 5 nitrogen and oxygen atoms in total. The quantitative estimate of drug-likeness (QED) is 0.655. The average molecular weight is 402 g/mol. The lowest BCUT2D eigenvalue weighted by Crippen LogP contribution is -2.39. The molecule has 3 aromatic rings. The molecular weight excluding hydrogens is 374 g/mol. The molecule has 0 bridgehead atoms. The Bertz CT molecular complexity index is 939. The number of nitrogens with one attached hydrogen (secondary N) is 2. The third-order valence-electron chi connectivity index (χ3n) is 4.84. The van der Waals surface area contributed by atoms with Crippen LogP contribution < -0.4 is 10.6 Å². The van der Waals surface area contributed by atoms with Gasteiger partial charge in [0.2, 0.25) is 5.91 Å². The summed E-state index contributed by atoms with van der Waals surface area (Å²) in [7, 11) is 0. The Morgan fingerprint density at radius 1 is 0.900 bits per heavy atom.